The van der Waals surface area contributed by atoms with Crippen LogP contribution in [-0.4, -0.2) is 19.5 Å². The van der Waals surface area contributed by atoms with E-state index in [1.54, 1.807) is 48.5 Å². The number of hydrogen-bond acceptors (Lipinski definition) is 4. The lowest BCUT2D eigenvalue weighted by atomic mass is 10.1. The van der Waals surface area contributed by atoms with Crippen LogP contribution in [0.5, 0.6) is 11.5 Å². The summed E-state index contributed by atoms with van der Waals surface area (Å²) < 4.78 is 64.5. The Balaban J connectivity index is 1.19. The molecule has 4 aromatic carbocycles. The van der Waals surface area contributed by atoms with Crippen LogP contribution in [0.3, 0.4) is 0 Å². The molecule has 0 unspecified atom stereocenters. The minimum absolute atomic E-state index is 0.0835. The van der Waals surface area contributed by atoms with Gasteiger partial charge in [-0.15, -0.1) is 0 Å². The third-order valence-corrected chi connectivity index (χ3v) is 5.56. The molecule has 0 fully saturated rings. The number of nitrogens with one attached hydrogen (secondary N) is 2. The Morgan fingerprint density at radius 2 is 0.974 bits per heavy atom. The van der Waals surface area contributed by atoms with Crippen LogP contribution in [0.4, 0.5) is 17.6 Å². The van der Waals surface area contributed by atoms with Crippen molar-refractivity contribution in [2.45, 2.75) is 13.1 Å². The number of benzene rings is 4. The topological polar surface area (TPSA) is 76.7 Å². The molecule has 0 heterocycles. The molecule has 0 saturated carbocycles. The number of carbonyl (C=O) groups is 2. The van der Waals surface area contributed by atoms with Crippen LogP contribution in [-0.2, 0) is 13.1 Å². The van der Waals surface area contributed by atoms with Gasteiger partial charge in [-0.05, 0) is 59.7 Å². The molecule has 198 valence electrons. The zero-order valence-electron chi connectivity index (χ0n) is 20.3. The number of carbonyl (C=O) groups excluding carboxylic acids is 2. The summed E-state index contributed by atoms with van der Waals surface area (Å²) in [5.41, 5.74) is 0.992. The quantitative estimate of drug-likeness (QED) is 0.225. The minimum atomic E-state index is -0.934. The molecule has 0 radical (unpaired) electrons. The van der Waals surface area contributed by atoms with Gasteiger partial charge >= 0.3 is 7.69 Å². The van der Waals surface area contributed by atoms with Gasteiger partial charge < -0.3 is 19.9 Å². The second-order valence-corrected chi connectivity index (χ2v) is 8.31. The smallest absolute Gasteiger partial charge is 0.529 e. The molecule has 0 aliphatic rings. The van der Waals surface area contributed by atoms with Crippen LogP contribution in [0.2, 0.25) is 0 Å². The third kappa shape index (κ3) is 7.60. The highest BCUT2D eigenvalue weighted by Gasteiger charge is 2.13. The van der Waals surface area contributed by atoms with Crippen molar-refractivity contribution in [3.63, 3.8) is 0 Å². The Bertz CT molecular complexity index is 1360. The van der Waals surface area contributed by atoms with Crippen molar-refractivity contribution in [1.29, 1.82) is 0 Å². The molecule has 39 heavy (non-hydrogen) atoms. The third-order valence-electron chi connectivity index (χ3n) is 5.56. The van der Waals surface area contributed by atoms with Crippen LogP contribution in [0.25, 0.3) is 0 Å². The van der Waals surface area contributed by atoms with E-state index in [9.17, 15) is 27.2 Å². The first kappa shape index (κ1) is 27.2. The Hall–Kier alpha value is -4.80. The van der Waals surface area contributed by atoms with Crippen LogP contribution < -0.4 is 19.9 Å². The van der Waals surface area contributed by atoms with Gasteiger partial charge in [0.05, 0.1) is 11.1 Å². The summed E-state index contributed by atoms with van der Waals surface area (Å²) in [6.07, 6.45) is 0. The zero-order valence-corrected chi connectivity index (χ0v) is 20.3. The predicted molar refractivity (Wildman–Crippen MR) is 136 cm³/mol. The molecule has 0 saturated heterocycles. The van der Waals surface area contributed by atoms with E-state index in [2.05, 4.69) is 10.6 Å². The first-order chi connectivity index (χ1) is 18.8. The van der Waals surface area contributed by atoms with Gasteiger partial charge in [0.15, 0.2) is 0 Å². The van der Waals surface area contributed by atoms with E-state index in [1.807, 2.05) is 0 Å². The van der Waals surface area contributed by atoms with Gasteiger partial charge in [0.2, 0.25) is 0 Å². The minimum Gasteiger partial charge on any atom is -0.529 e. The van der Waals surface area contributed by atoms with Crippen molar-refractivity contribution in [2.75, 3.05) is 0 Å². The SMILES string of the molecule is O=C(NCc1ccc(OBOc2ccc(CNC(=O)c3ccc(F)cc3F)cc2)cc1)c1ccc(F)cc1F. The van der Waals surface area contributed by atoms with E-state index in [0.29, 0.717) is 23.6 Å². The molecule has 0 aliphatic carbocycles. The Morgan fingerprint density at radius 1 is 0.590 bits per heavy atom. The van der Waals surface area contributed by atoms with Crippen molar-refractivity contribution in [2.24, 2.45) is 0 Å². The van der Waals surface area contributed by atoms with Gasteiger partial charge in [-0.2, -0.15) is 0 Å². The molecule has 6 nitrogen and oxygen atoms in total. The standard InChI is InChI=1S/C28H21BF4N2O4/c30-19-5-11-23(25(32)13-19)27(36)34-15-17-1-7-21(8-2-17)38-29-39-22-9-3-18(4-10-22)16-35-28(37)24-12-6-20(31)14-26(24)33/h1-14,29H,15-16H2,(H,34,36)(H,35,37). The molecular formula is C28H21BF4N2O4. The first-order valence-corrected chi connectivity index (χ1v) is 11.7. The lowest BCUT2D eigenvalue weighted by molar-refractivity contribution is 0.0938. The van der Waals surface area contributed by atoms with Crippen molar-refractivity contribution < 1.29 is 36.5 Å². The van der Waals surface area contributed by atoms with E-state index in [0.717, 1.165) is 35.4 Å². The van der Waals surface area contributed by atoms with Crippen molar-refractivity contribution in [3.8, 4) is 11.5 Å². The molecule has 11 heteroatoms. The van der Waals surface area contributed by atoms with Crippen LogP contribution in [0, 0.1) is 23.3 Å². The van der Waals surface area contributed by atoms with Gasteiger partial charge in [0.1, 0.15) is 34.8 Å². The second-order valence-electron chi connectivity index (χ2n) is 8.31. The summed E-state index contributed by atoms with van der Waals surface area (Å²) in [6, 6.07) is 19.1. The monoisotopic (exact) mass is 536 g/mol. The molecule has 4 aromatic rings. The maximum absolute atomic E-state index is 13.7. The molecule has 0 spiro atoms. The maximum Gasteiger partial charge on any atom is 0.576 e. The second kappa shape index (κ2) is 12.6. The van der Waals surface area contributed by atoms with E-state index in [1.165, 1.54) is 0 Å². The van der Waals surface area contributed by atoms with Crippen LogP contribution in [0.1, 0.15) is 31.8 Å². The Kier molecular flexibility index (Phi) is 8.83. The first-order valence-electron chi connectivity index (χ1n) is 11.7. The summed E-state index contributed by atoms with van der Waals surface area (Å²) in [6.45, 7) is 0.274. The van der Waals surface area contributed by atoms with Crippen molar-refractivity contribution in [1.82, 2.24) is 10.6 Å². The zero-order chi connectivity index (χ0) is 27.8. The number of hydrogen-bond donors (Lipinski definition) is 2. The normalized spacial score (nSPS) is 10.5. The lowest BCUT2D eigenvalue weighted by Gasteiger charge is -2.10. The molecule has 2 amide bonds. The maximum atomic E-state index is 13.7. The molecule has 4 rings (SSSR count). The van der Waals surface area contributed by atoms with Gasteiger partial charge in [0.25, 0.3) is 11.8 Å². The van der Waals surface area contributed by atoms with E-state index < -0.39 is 35.1 Å². The lowest BCUT2D eigenvalue weighted by Crippen LogP contribution is -2.24. The average Bonchev–Trinajstić information content (AvgIpc) is 2.92. The highest BCUT2D eigenvalue weighted by molar-refractivity contribution is 6.20. The van der Waals surface area contributed by atoms with Gasteiger partial charge in [-0.1, -0.05) is 24.3 Å². The summed E-state index contributed by atoms with van der Waals surface area (Å²) >= 11 is 0. The highest BCUT2D eigenvalue weighted by Crippen LogP contribution is 2.16. The van der Waals surface area contributed by atoms with E-state index in [-0.39, 0.29) is 31.9 Å². The summed E-state index contributed by atoms with van der Waals surface area (Å²) in [7, 11) is -0.0835. The molecule has 2 N–H and O–H groups in total. The van der Waals surface area contributed by atoms with Crippen LogP contribution >= 0.6 is 0 Å². The molecule has 0 atom stereocenters. The van der Waals surface area contributed by atoms with Gasteiger partial charge in [-0.25, -0.2) is 17.6 Å². The van der Waals surface area contributed by atoms with E-state index >= 15 is 0 Å². The predicted octanol–water partition coefficient (Wildman–Crippen LogP) is 4.83. The fourth-order valence-corrected chi connectivity index (χ4v) is 3.47. The molecule has 0 bridgehead atoms. The average molecular weight is 536 g/mol. The van der Waals surface area contributed by atoms with E-state index in [4.69, 9.17) is 9.31 Å². The van der Waals surface area contributed by atoms with Gasteiger partial charge in [-0.3, -0.25) is 9.59 Å². The summed E-state index contributed by atoms with van der Waals surface area (Å²) in [5.74, 6) is -3.67. The summed E-state index contributed by atoms with van der Waals surface area (Å²) in [4.78, 5) is 24.2. The van der Waals surface area contributed by atoms with Crippen LogP contribution in [0.15, 0.2) is 84.9 Å². The fourth-order valence-electron chi connectivity index (χ4n) is 3.47. The molecule has 0 aliphatic heterocycles. The Labute approximate surface area is 221 Å². The van der Waals surface area contributed by atoms with Gasteiger partial charge in [0, 0.05) is 25.2 Å². The Morgan fingerprint density at radius 3 is 1.33 bits per heavy atom. The number of halogens is 4. The summed E-state index contributed by atoms with van der Waals surface area (Å²) in [5, 5.41) is 5.14. The fraction of sp³-hybridized carbons (Fsp3) is 0.0714. The number of amides is 2. The molecule has 0 aromatic heterocycles. The number of rotatable bonds is 10. The van der Waals surface area contributed by atoms with Crippen molar-refractivity contribution in [3.05, 3.63) is 130 Å². The molecular weight excluding hydrogens is 515 g/mol. The van der Waals surface area contributed by atoms with Crippen molar-refractivity contribution >= 4 is 19.5 Å². The largest absolute Gasteiger partial charge is 0.576 e. The highest BCUT2D eigenvalue weighted by atomic mass is 19.1.